The predicted octanol–water partition coefficient (Wildman–Crippen LogP) is 2.29. The van der Waals surface area contributed by atoms with Crippen LogP contribution in [-0.4, -0.2) is 20.3 Å². The number of rotatable bonds is 3. The van der Waals surface area contributed by atoms with Crippen molar-refractivity contribution in [3.8, 4) is 0 Å². The number of carbonyl (C=O) groups is 1. The Morgan fingerprint density at radius 2 is 2.25 bits per heavy atom. The van der Waals surface area contributed by atoms with E-state index in [1.165, 1.54) is 22.2 Å². The van der Waals surface area contributed by atoms with Gasteiger partial charge in [-0.15, -0.1) is 11.3 Å². The zero-order valence-electron chi connectivity index (χ0n) is 11.1. The van der Waals surface area contributed by atoms with Gasteiger partial charge in [-0.25, -0.2) is 4.98 Å². The highest BCUT2D eigenvalue weighted by Gasteiger charge is 2.14. The Morgan fingerprint density at radius 3 is 2.95 bits per heavy atom. The van der Waals surface area contributed by atoms with E-state index in [0.29, 0.717) is 15.8 Å². The summed E-state index contributed by atoms with van der Waals surface area (Å²) >= 11 is 1.42. The van der Waals surface area contributed by atoms with Gasteiger partial charge in [0, 0.05) is 17.0 Å². The van der Waals surface area contributed by atoms with Crippen LogP contribution < -0.4 is 5.56 Å². The summed E-state index contributed by atoms with van der Waals surface area (Å²) in [5.41, 5.74) is 2.21. The molecule has 0 radical (unpaired) electrons. The van der Waals surface area contributed by atoms with E-state index in [1.54, 1.807) is 12.1 Å². The fourth-order valence-electron chi connectivity index (χ4n) is 2.26. The Bertz CT molecular complexity index is 857. The molecule has 0 unspecified atom stereocenters. The van der Waals surface area contributed by atoms with Crippen molar-refractivity contribution < 1.29 is 4.79 Å². The van der Waals surface area contributed by atoms with Gasteiger partial charge in [0.15, 0.2) is 5.78 Å². The van der Waals surface area contributed by atoms with Gasteiger partial charge in [-0.2, -0.15) is 0 Å². The van der Waals surface area contributed by atoms with E-state index in [9.17, 15) is 9.59 Å². The van der Waals surface area contributed by atoms with E-state index in [4.69, 9.17) is 0 Å². The summed E-state index contributed by atoms with van der Waals surface area (Å²) in [7, 11) is 0. The molecule has 0 aliphatic carbocycles. The highest BCUT2D eigenvalue weighted by atomic mass is 32.1. The van der Waals surface area contributed by atoms with Crippen LogP contribution in [0.15, 0.2) is 28.6 Å². The first-order chi connectivity index (χ1) is 9.56. The average Bonchev–Trinajstić information content (AvgIpc) is 2.99. The van der Waals surface area contributed by atoms with Gasteiger partial charge in [-0.1, -0.05) is 0 Å². The smallest absolute Gasteiger partial charge is 0.262 e. The number of nitrogens with one attached hydrogen (secondary N) is 1. The summed E-state index contributed by atoms with van der Waals surface area (Å²) in [6, 6.07) is 3.54. The molecule has 5 nitrogen and oxygen atoms in total. The molecule has 3 aromatic heterocycles. The zero-order chi connectivity index (χ0) is 14.3. The minimum Gasteiger partial charge on any atom is -0.362 e. The van der Waals surface area contributed by atoms with E-state index >= 15 is 0 Å². The predicted molar refractivity (Wildman–Crippen MR) is 78.5 cm³/mol. The molecule has 0 bridgehead atoms. The molecule has 0 aromatic carbocycles. The molecule has 0 amide bonds. The second kappa shape index (κ2) is 4.72. The van der Waals surface area contributed by atoms with Crippen LogP contribution in [0.5, 0.6) is 0 Å². The van der Waals surface area contributed by atoms with Crippen molar-refractivity contribution in [2.45, 2.75) is 20.4 Å². The molecular formula is C14H13N3O2S. The monoisotopic (exact) mass is 287 g/mol. The number of hydrogen-bond acceptors (Lipinski definition) is 4. The van der Waals surface area contributed by atoms with Gasteiger partial charge in [0.25, 0.3) is 5.56 Å². The van der Waals surface area contributed by atoms with Crippen LogP contribution in [0.25, 0.3) is 10.2 Å². The van der Waals surface area contributed by atoms with Crippen molar-refractivity contribution in [1.29, 1.82) is 0 Å². The topological polar surface area (TPSA) is 67.8 Å². The molecule has 3 rings (SSSR count). The number of H-pyrrole nitrogens is 1. The number of thiophene rings is 1. The SMILES string of the molecule is Cc1cc(C(=O)Cn2cnc3sccc3c2=O)c(C)[nH]1. The number of aromatic nitrogens is 3. The van der Waals surface area contributed by atoms with Gasteiger partial charge in [0.1, 0.15) is 4.83 Å². The van der Waals surface area contributed by atoms with Crippen LogP contribution in [0.3, 0.4) is 0 Å². The van der Waals surface area contributed by atoms with Gasteiger partial charge < -0.3 is 4.98 Å². The molecule has 6 heteroatoms. The van der Waals surface area contributed by atoms with Gasteiger partial charge in [0.2, 0.25) is 0 Å². The van der Waals surface area contributed by atoms with Gasteiger partial charge in [0.05, 0.1) is 18.3 Å². The van der Waals surface area contributed by atoms with Crippen molar-refractivity contribution in [2.75, 3.05) is 0 Å². The fourth-order valence-corrected chi connectivity index (χ4v) is 2.98. The maximum atomic E-state index is 12.3. The quantitative estimate of drug-likeness (QED) is 0.751. The molecule has 0 fully saturated rings. The van der Waals surface area contributed by atoms with Gasteiger partial charge in [-0.05, 0) is 31.4 Å². The van der Waals surface area contributed by atoms with Crippen molar-refractivity contribution in [1.82, 2.24) is 14.5 Å². The Labute approximate surface area is 118 Å². The maximum absolute atomic E-state index is 12.3. The Balaban J connectivity index is 1.97. The average molecular weight is 287 g/mol. The lowest BCUT2D eigenvalue weighted by Gasteiger charge is -2.04. The number of ketones is 1. The first-order valence-corrected chi connectivity index (χ1v) is 7.06. The highest BCUT2D eigenvalue weighted by Crippen LogP contribution is 2.14. The summed E-state index contributed by atoms with van der Waals surface area (Å²) < 4.78 is 1.36. The standard InChI is InChI=1S/C14H13N3O2S/c1-8-5-11(9(2)16-8)12(18)6-17-7-15-13-10(14(17)19)3-4-20-13/h3-5,7,16H,6H2,1-2H3. The van der Waals surface area contributed by atoms with Crippen molar-refractivity contribution in [2.24, 2.45) is 0 Å². The molecule has 0 atom stereocenters. The largest absolute Gasteiger partial charge is 0.362 e. The number of aryl methyl sites for hydroxylation is 2. The number of aromatic amines is 1. The van der Waals surface area contributed by atoms with Crippen LogP contribution in [-0.2, 0) is 6.54 Å². The summed E-state index contributed by atoms with van der Waals surface area (Å²) in [5, 5.41) is 2.39. The molecule has 20 heavy (non-hydrogen) atoms. The molecule has 0 aliphatic rings. The highest BCUT2D eigenvalue weighted by molar-refractivity contribution is 7.16. The number of fused-ring (bicyclic) bond motifs is 1. The molecule has 0 spiro atoms. The molecule has 102 valence electrons. The van der Waals surface area contributed by atoms with Crippen molar-refractivity contribution in [3.05, 3.63) is 51.1 Å². The Hall–Kier alpha value is -2.21. The van der Waals surface area contributed by atoms with E-state index in [1.807, 2.05) is 19.2 Å². The maximum Gasteiger partial charge on any atom is 0.262 e. The van der Waals surface area contributed by atoms with E-state index in [-0.39, 0.29) is 17.9 Å². The lowest BCUT2D eigenvalue weighted by molar-refractivity contribution is 0.0970. The van der Waals surface area contributed by atoms with Gasteiger partial charge >= 0.3 is 0 Å². The second-order valence-corrected chi connectivity index (χ2v) is 5.63. The first kappa shape index (κ1) is 12.8. The van der Waals surface area contributed by atoms with Crippen molar-refractivity contribution >= 4 is 27.3 Å². The third-order valence-electron chi connectivity index (χ3n) is 3.21. The third kappa shape index (κ3) is 2.08. The van der Waals surface area contributed by atoms with Crippen LogP contribution in [0.1, 0.15) is 21.7 Å². The van der Waals surface area contributed by atoms with Crippen LogP contribution in [0.4, 0.5) is 0 Å². The summed E-state index contributed by atoms with van der Waals surface area (Å²) in [4.78, 5) is 32.5. The Morgan fingerprint density at radius 1 is 1.45 bits per heavy atom. The Kier molecular flexibility index (Phi) is 3.02. The number of nitrogens with zero attached hydrogens (tertiary/aromatic N) is 2. The molecule has 3 aromatic rings. The van der Waals surface area contributed by atoms with E-state index in [0.717, 1.165) is 11.4 Å². The number of Topliss-reactive ketones (excluding diaryl/α,β-unsaturated/α-hetero) is 1. The number of hydrogen-bond donors (Lipinski definition) is 1. The lowest BCUT2D eigenvalue weighted by Crippen LogP contribution is -2.24. The van der Waals surface area contributed by atoms with Crippen LogP contribution in [0.2, 0.25) is 0 Å². The third-order valence-corrected chi connectivity index (χ3v) is 4.04. The normalized spacial score (nSPS) is 11.1. The molecule has 3 heterocycles. The molecule has 0 saturated heterocycles. The minimum absolute atomic E-state index is 0.00968. The molecule has 0 saturated carbocycles. The van der Waals surface area contributed by atoms with E-state index in [2.05, 4.69) is 9.97 Å². The first-order valence-electron chi connectivity index (χ1n) is 6.18. The lowest BCUT2D eigenvalue weighted by atomic mass is 10.1. The van der Waals surface area contributed by atoms with Crippen LogP contribution in [0, 0.1) is 13.8 Å². The molecular weight excluding hydrogens is 274 g/mol. The van der Waals surface area contributed by atoms with E-state index < -0.39 is 0 Å². The molecule has 0 aliphatic heterocycles. The summed E-state index contributed by atoms with van der Waals surface area (Å²) in [6.45, 7) is 3.76. The zero-order valence-corrected chi connectivity index (χ0v) is 12.0. The number of carbonyl (C=O) groups excluding carboxylic acids is 1. The second-order valence-electron chi connectivity index (χ2n) is 4.73. The molecule has 1 N–H and O–H groups in total. The minimum atomic E-state index is -0.172. The van der Waals surface area contributed by atoms with Crippen LogP contribution >= 0.6 is 11.3 Å². The van der Waals surface area contributed by atoms with Crippen molar-refractivity contribution in [3.63, 3.8) is 0 Å². The fraction of sp³-hybridized carbons (Fsp3) is 0.214. The summed E-state index contributed by atoms with van der Waals surface area (Å²) in [5.74, 6) is -0.0923. The summed E-state index contributed by atoms with van der Waals surface area (Å²) in [6.07, 6.45) is 1.44. The van der Waals surface area contributed by atoms with Gasteiger partial charge in [-0.3, -0.25) is 14.2 Å².